The molecule has 2 heterocycles. The molecule has 4 rings (SSSR count). The molecule has 0 aliphatic heterocycles. The van der Waals surface area contributed by atoms with Crippen molar-refractivity contribution in [1.29, 1.82) is 0 Å². The second-order valence-corrected chi connectivity index (χ2v) is 5.97. The highest BCUT2D eigenvalue weighted by atomic mass is 16.2. The third-order valence-corrected chi connectivity index (χ3v) is 4.87. The summed E-state index contributed by atoms with van der Waals surface area (Å²) < 4.78 is 1.78. The molecule has 2 saturated carbocycles. The molecule has 20 heavy (non-hydrogen) atoms. The fourth-order valence-electron chi connectivity index (χ4n) is 3.92. The lowest BCUT2D eigenvalue weighted by Crippen LogP contribution is -2.37. The van der Waals surface area contributed by atoms with E-state index in [4.69, 9.17) is 0 Å². The predicted octanol–water partition coefficient (Wildman–Crippen LogP) is 2.04. The molecule has 0 saturated heterocycles. The lowest BCUT2D eigenvalue weighted by atomic mass is 9.97. The Kier molecular flexibility index (Phi) is 2.72. The topological polar surface area (TPSA) is 59.3 Å². The van der Waals surface area contributed by atoms with E-state index in [0.717, 1.165) is 12.3 Å². The average Bonchev–Trinajstić information content (AvgIpc) is 3.13. The molecule has 5 nitrogen and oxygen atoms in total. The Hall–Kier alpha value is -1.91. The summed E-state index contributed by atoms with van der Waals surface area (Å²) in [5.41, 5.74) is 0.463. The number of rotatable bonds is 2. The van der Waals surface area contributed by atoms with Crippen molar-refractivity contribution >= 4 is 11.7 Å². The van der Waals surface area contributed by atoms with Crippen molar-refractivity contribution in [2.75, 3.05) is 0 Å². The molecule has 1 N–H and O–H groups in total. The highest BCUT2D eigenvalue weighted by Crippen LogP contribution is 2.43. The van der Waals surface area contributed by atoms with Crippen LogP contribution in [-0.4, -0.2) is 26.3 Å². The third kappa shape index (κ3) is 1.88. The Balaban J connectivity index is 1.52. The molecule has 0 unspecified atom stereocenters. The SMILES string of the molecule is O=C(N[C@H]1CC[C@@H]2CCC[C@@H]21)c1cn2cccnc2n1. The highest BCUT2D eigenvalue weighted by molar-refractivity contribution is 5.92. The summed E-state index contributed by atoms with van der Waals surface area (Å²) >= 11 is 0. The van der Waals surface area contributed by atoms with Crippen LogP contribution in [0.3, 0.4) is 0 Å². The molecule has 0 aromatic carbocycles. The van der Waals surface area contributed by atoms with Crippen LogP contribution in [-0.2, 0) is 0 Å². The standard InChI is InChI=1S/C15H18N4O/c20-14(13-9-19-8-2-7-16-15(19)18-13)17-12-6-5-10-3-1-4-11(10)12/h2,7-12H,1,3-6H2,(H,17,20)/t10-,11-,12-/m0/s1. The fraction of sp³-hybridized carbons (Fsp3) is 0.533. The zero-order chi connectivity index (χ0) is 13.5. The van der Waals surface area contributed by atoms with Crippen LogP contribution in [0.15, 0.2) is 24.7 Å². The van der Waals surface area contributed by atoms with Crippen molar-refractivity contribution in [3.63, 3.8) is 0 Å². The summed E-state index contributed by atoms with van der Waals surface area (Å²) in [4.78, 5) is 20.8. The predicted molar refractivity (Wildman–Crippen MR) is 74.3 cm³/mol. The van der Waals surface area contributed by atoms with Gasteiger partial charge in [0.1, 0.15) is 5.69 Å². The third-order valence-electron chi connectivity index (χ3n) is 4.87. The van der Waals surface area contributed by atoms with Gasteiger partial charge >= 0.3 is 0 Å². The molecular weight excluding hydrogens is 252 g/mol. The van der Waals surface area contributed by atoms with Gasteiger partial charge in [0.15, 0.2) is 0 Å². The molecule has 2 fully saturated rings. The molecule has 0 spiro atoms. The van der Waals surface area contributed by atoms with E-state index in [1.54, 1.807) is 16.8 Å². The Morgan fingerprint density at radius 3 is 3.15 bits per heavy atom. The van der Waals surface area contributed by atoms with E-state index in [1.165, 1.54) is 25.7 Å². The van der Waals surface area contributed by atoms with Crippen LogP contribution in [0, 0.1) is 11.8 Å². The van der Waals surface area contributed by atoms with Gasteiger partial charge in [0, 0.05) is 24.6 Å². The first-order valence-corrected chi connectivity index (χ1v) is 7.42. The molecule has 5 heteroatoms. The summed E-state index contributed by atoms with van der Waals surface area (Å²) in [6.45, 7) is 0. The number of fused-ring (bicyclic) bond motifs is 2. The second kappa shape index (κ2) is 4.58. The van der Waals surface area contributed by atoms with Crippen LogP contribution in [0.1, 0.15) is 42.6 Å². The number of carbonyl (C=O) groups excluding carboxylic acids is 1. The molecule has 2 aliphatic rings. The van der Waals surface area contributed by atoms with Crippen molar-refractivity contribution < 1.29 is 4.79 Å². The Bertz CT molecular complexity index is 617. The van der Waals surface area contributed by atoms with E-state index in [2.05, 4.69) is 15.3 Å². The molecule has 2 aliphatic carbocycles. The minimum Gasteiger partial charge on any atom is -0.348 e. The quantitative estimate of drug-likeness (QED) is 0.908. The van der Waals surface area contributed by atoms with Gasteiger partial charge in [-0.25, -0.2) is 9.97 Å². The summed E-state index contributed by atoms with van der Waals surface area (Å²) in [6.07, 6.45) is 11.6. The van der Waals surface area contributed by atoms with Gasteiger partial charge in [0.25, 0.3) is 5.91 Å². The van der Waals surface area contributed by atoms with Crippen molar-refractivity contribution in [2.45, 2.75) is 38.1 Å². The number of nitrogens with zero attached hydrogens (tertiary/aromatic N) is 3. The Morgan fingerprint density at radius 1 is 1.30 bits per heavy atom. The molecule has 104 valence electrons. The first kappa shape index (κ1) is 11.9. The number of amides is 1. The van der Waals surface area contributed by atoms with Gasteiger partial charge in [0.05, 0.1) is 0 Å². The van der Waals surface area contributed by atoms with Gasteiger partial charge in [-0.05, 0) is 37.2 Å². The van der Waals surface area contributed by atoms with Crippen LogP contribution < -0.4 is 5.32 Å². The number of aromatic nitrogens is 3. The van der Waals surface area contributed by atoms with Crippen LogP contribution in [0.5, 0.6) is 0 Å². The van der Waals surface area contributed by atoms with E-state index in [-0.39, 0.29) is 5.91 Å². The largest absolute Gasteiger partial charge is 0.348 e. The normalized spacial score (nSPS) is 28.7. The molecule has 1 amide bonds. The number of carbonyl (C=O) groups is 1. The summed E-state index contributed by atoms with van der Waals surface area (Å²) in [5, 5.41) is 3.18. The summed E-state index contributed by atoms with van der Waals surface area (Å²) in [6, 6.07) is 2.17. The minimum atomic E-state index is -0.0620. The lowest BCUT2D eigenvalue weighted by molar-refractivity contribution is 0.0922. The molecular formula is C15H18N4O. The van der Waals surface area contributed by atoms with E-state index >= 15 is 0 Å². The van der Waals surface area contributed by atoms with Crippen molar-refractivity contribution in [2.24, 2.45) is 11.8 Å². The van der Waals surface area contributed by atoms with Crippen molar-refractivity contribution in [3.05, 3.63) is 30.4 Å². The first-order chi connectivity index (χ1) is 9.81. The molecule has 2 aromatic rings. The average molecular weight is 270 g/mol. The lowest BCUT2D eigenvalue weighted by Gasteiger charge is -2.19. The van der Waals surface area contributed by atoms with Gasteiger partial charge in [-0.2, -0.15) is 0 Å². The van der Waals surface area contributed by atoms with Gasteiger partial charge < -0.3 is 5.32 Å². The second-order valence-electron chi connectivity index (χ2n) is 5.97. The Morgan fingerprint density at radius 2 is 2.25 bits per heavy atom. The van der Waals surface area contributed by atoms with Crippen LogP contribution >= 0.6 is 0 Å². The van der Waals surface area contributed by atoms with Crippen LogP contribution in [0.25, 0.3) is 5.78 Å². The summed E-state index contributed by atoms with van der Waals surface area (Å²) in [5.74, 6) is 2.04. The first-order valence-electron chi connectivity index (χ1n) is 7.42. The van der Waals surface area contributed by atoms with Gasteiger partial charge in [-0.1, -0.05) is 12.8 Å². The maximum absolute atomic E-state index is 12.3. The molecule has 0 bridgehead atoms. The number of imidazole rings is 1. The maximum atomic E-state index is 12.3. The molecule has 2 aromatic heterocycles. The van der Waals surface area contributed by atoms with E-state index < -0.39 is 0 Å². The van der Waals surface area contributed by atoms with Crippen LogP contribution in [0.2, 0.25) is 0 Å². The zero-order valence-electron chi connectivity index (χ0n) is 11.3. The Labute approximate surface area is 117 Å². The van der Waals surface area contributed by atoms with E-state index in [1.807, 2.05) is 12.3 Å². The van der Waals surface area contributed by atoms with Gasteiger partial charge in [0.2, 0.25) is 5.78 Å². The summed E-state index contributed by atoms with van der Waals surface area (Å²) in [7, 11) is 0. The van der Waals surface area contributed by atoms with E-state index in [9.17, 15) is 4.79 Å². The number of nitrogens with one attached hydrogen (secondary N) is 1. The molecule has 3 atom stereocenters. The van der Waals surface area contributed by atoms with Crippen LogP contribution in [0.4, 0.5) is 0 Å². The number of hydrogen-bond donors (Lipinski definition) is 1. The number of hydrogen-bond acceptors (Lipinski definition) is 3. The maximum Gasteiger partial charge on any atom is 0.271 e. The van der Waals surface area contributed by atoms with Crippen molar-refractivity contribution in [3.8, 4) is 0 Å². The van der Waals surface area contributed by atoms with E-state index in [0.29, 0.717) is 23.4 Å². The minimum absolute atomic E-state index is 0.0620. The highest BCUT2D eigenvalue weighted by Gasteiger charge is 2.39. The monoisotopic (exact) mass is 270 g/mol. The van der Waals surface area contributed by atoms with Gasteiger partial charge in [-0.3, -0.25) is 9.20 Å². The molecule has 0 radical (unpaired) electrons. The zero-order valence-corrected chi connectivity index (χ0v) is 11.3. The van der Waals surface area contributed by atoms with Gasteiger partial charge in [-0.15, -0.1) is 0 Å². The van der Waals surface area contributed by atoms with Crippen molar-refractivity contribution in [1.82, 2.24) is 19.7 Å². The smallest absolute Gasteiger partial charge is 0.271 e. The fourth-order valence-corrected chi connectivity index (χ4v) is 3.92.